The maximum Gasteiger partial charge on any atom is 0.287 e. The number of anilines is 1. The lowest BCUT2D eigenvalue weighted by molar-refractivity contribution is -0.385. The number of nitrogens with one attached hydrogen (secondary N) is 1. The molecule has 1 fully saturated rings. The van der Waals surface area contributed by atoms with E-state index in [1.54, 1.807) is 6.07 Å². The molecule has 2 unspecified atom stereocenters. The Hall–Kier alpha value is -1.30. The number of pyridine rings is 1. The Labute approximate surface area is 117 Å². The Kier molecular flexibility index (Phi) is 4.63. The van der Waals surface area contributed by atoms with Crippen LogP contribution in [-0.2, 0) is 0 Å². The van der Waals surface area contributed by atoms with Crippen LogP contribution in [0.5, 0.6) is 0 Å². The van der Waals surface area contributed by atoms with Gasteiger partial charge in [0.1, 0.15) is 12.0 Å². The van der Waals surface area contributed by atoms with Crippen molar-refractivity contribution in [3.8, 4) is 0 Å². The maximum atomic E-state index is 10.7. The molecule has 0 saturated heterocycles. The Morgan fingerprint density at radius 3 is 2.84 bits per heavy atom. The molecule has 2 rings (SSSR count). The zero-order valence-corrected chi connectivity index (χ0v) is 12.1. The van der Waals surface area contributed by atoms with Crippen molar-refractivity contribution in [2.24, 2.45) is 0 Å². The van der Waals surface area contributed by atoms with Crippen LogP contribution < -0.4 is 5.32 Å². The van der Waals surface area contributed by atoms with E-state index in [0.29, 0.717) is 11.3 Å². The van der Waals surface area contributed by atoms with Crippen molar-refractivity contribution in [2.75, 3.05) is 11.6 Å². The third-order valence-electron chi connectivity index (χ3n) is 3.60. The van der Waals surface area contributed by atoms with E-state index in [0.717, 1.165) is 17.8 Å². The SMILES string of the molecule is CSC1CCCCC1Nc1ncc([N+](=O)[O-])cc1C. The standard InChI is InChI=1S/C13H19N3O2S/c1-9-7-10(16(17)18)8-14-13(9)15-11-5-3-4-6-12(11)19-2/h7-8,11-12H,3-6H2,1-2H3,(H,14,15). The molecule has 1 N–H and O–H groups in total. The van der Waals surface area contributed by atoms with Gasteiger partial charge in [-0.15, -0.1) is 0 Å². The lowest BCUT2D eigenvalue weighted by atomic mass is 9.94. The van der Waals surface area contributed by atoms with Gasteiger partial charge in [0.2, 0.25) is 0 Å². The van der Waals surface area contributed by atoms with Gasteiger partial charge >= 0.3 is 0 Å². The summed E-state index contributed by atoms with van der Waals surface area (Å²) in [6.45, 7) is 1.86. The van der Waals surface area contributed by atoms with Crippen molar-refractivity contribution >= 4 is 23.3 Å². The molecule has 0 radical (unpaired) electrons. The van der Waals surface area contributed by atoms with Gasteiger partial charge in [-0.1, -0.05) is 12.8 Å². The first-order valence-corrected chi connectivity index (χ1v) is 7.81. The average molecular weight is 281 g/mol. The third kappa shape index (κ3) is 3.37. The molecule has 5 nitrogen and oxygen atoms in total. The van der Waals surface area contributed by atoms with Gasteiger partial charge in [-0.25, -0.2) is 4.98 Å². The first-order chi connectivity index (χ1) is 9.11. The van der Waals surface area contributed by atoms with Gasteiger partial charge in [0, 0.05) is 17.4 Å². The second-order valence-corrected chi connectivity index (χ2v) is 6.00. The molecule has 104 valence electrons. The number of hydrogen-bond acceptors (Lipinski definition) is 5. The molecule has 0 aliphatic heterocycles. The minimum Gasteiger partial charge on any atom is -0.366 e. The van der Waals surface area contributed by atoms with E-state index in [2.05, 4.69) is 16.6 Å². The van der Waals surface area contributed by atoms with E-state index in [4.69, 9.17) is 0 Å². The highest BCUT2D eigenvalue weighted by molar-refractivity contribution is 7.99. The number of thioether (sulfide) groups is 1. The Bertz CT molecular complexity index is 467. The van der Waals surface area contributed by atoms with Gasteiger partial charge in [-0.2, -0.15) is 11.8 Å². The highest BCUT2D eigenvalue weighted by Gasteiger charge is 2.25. The zero-order valence-electron chi connectivity index (χ0n) is 11.3. The summed E-state index contributed by atoms with van der Waals surface area (Å²) in [6.07, 6.45) is 8.36. The fraction of sp³-hybridized carbons (Fsp3) is 0.615. The average Bonchev–Trinajstić information content (AvgIpc) is 2.41. The largest absolute Gasteiger partial charge is 0.366 e. The second kappa shape index (κ2) is 6.23. The highest BCUT2D eigenvalue weighted by Crippen LogP contribution is 2.30. The van der Waals surface area contributed by atoms with Crippen LogP contribution in [0.15, 0.2) is 12.3 Å². The minimum absolute atomic E-state index is 0.0492. The van der Waals surface area contributed by atoms with Crippen LogP contribution >= 0.6 is 11.8 Å². The van der Waals surface area contributed by atoms with E-state index in [-0.39, 0.29) is 5.69 Å². The third-order valence-corrected chi connectivity index (χ3v) is 4.77. The zero-order chi connectivity index (χ0) is 13.8. The van der Waals surface area contributed by atoms with Gasteiger partial charge < -0.3 is 5.32 Å². The van der Waals surface area contributed by atoms with Gasteiger partial charge in [0.05, 0.1) is 4.92 Å². The van der Waals surface area contributed by atoms with Crippen LogP contribution in [0.1, 0.15) is 31.2 Å². The summed E-state index contributed by atoms with van der Waals surface area (Å²) < 4.78 is 0. The molecule has 0 spiro atoms. The summed E-state index contributed by atoms with van der Waals surface area (Å²) in [6, 6.07) is 1.99. The first kappa shape index (κ1) is 14.1. The predicted molar refractivity (Wildman–Crippen MR) is 78.8 cm³/mol. The Morgan fingerprint density at radius 1 is 1.47 bits per heavy atom. The van der Waals surface area contributed by atoms with Crippen molar-refractivity contribution < 1.29 is 4.92 Å². The monoisotopic (exact) mass is 281 g/mol. The molecule has 1 heterocycles. The van der Waals surface area contributed by atoms with E-state index >= 15 is 0 Å². The van der Waals surface area contributed by atoms with Crippen molar-refractivity contribution in [3.63, 3.8) is 0 Å². The van der Waals surface area contributed by atoms with Crippen molar-refractivity contribution in [2.45, 2.75) is 43.9 Å². The van der Waals surface area contributed by atoms with Crippen LogP contribution in [-0.4, -0.2) is 27.5 Å². The van der Waals surface area contributed by atoms with E-state index in [1.807, 2.05) is 18.7 Å². The molecule has 1 aromatic heterocycles. The van der Waals surface area contributed by atoms with E-state index in [1.165, 1.54) is 25.5 Å². The number of nitrogens with zero attached hydrogens (tertiary/aromatic N) is 2. The summed E-state index contributed by atoms with van der Waals surface area (Å²) in [5, 5.41) is 14.8. The lowest BCUT2D eigenvalue weighted by Crippen LogP contribution is -2.34. The van der Waals surface area contributed by atoms with Crippen LogP contribution in [0.2, 0.25) is 0 Å². The molecule has 19 heavy (non-hydrogen) atoms. The summed E-state index contributed by atoms with van der Waals surface area (Å²) in [5.41, 5.74) is 0.882. The Morgan fingerprint density at radius 2 is 2.21 bits per heavy atom. The lowest BCUT2D eigenvalue weighted by Gasteiger charge is -2.31. The highest BCUT2D eigenvalue weighted by atomic mass is 32.2. The summed E-state index contributed by atoms with van der Waals surface area (Å²) in [7, 11) is 0. The summed E-state index contributed by atoms with van der Waals surface area (Å²) in [5.74, 6) is 0.775. The van der Waals surface area contributed by atoms with Crippen LogP contribution in [0, 0.1) is 17.0 Å². The molecule has 1 aliphatic carbocycles. The molecular formula is C13H19N3O2S. The number of nitro groups is 1. The number of rotatable bonds is 4. The fourth-order valence-corrected chi connectivity index (χ4v) is 3.47. The topological polar surface area (TPSA) is 68.1 Å². The van der Waals surface area contributed by atoms with Crippen molar-refractivity contribution in [1.29, 1.82) is 0 Å². The molecule has 2 atom stereocenters. The molecule has 1 aromatic rings. The van der Waals surface area contributed by atoms with Crippen LogP contribution in [0.4, 0.5) is 11.5 Å². The summed E-state index contributed by atoms with van der Waals surface area (Å²) in [4.78, 5) is 14.5. The quantitative estimate of drug-likeness (QED) is 0.677. The molecule has 1 saturated carbocycles. The Balaban J connectivity index is 2.11. The van der Waals surface area contributed by atoms with Crippen LogP contribution in [0.3, 0.4) is 0 Å². The van der Waals surface area contributed by atoms with E-state index < -0.39 is 4.92 Å². The van der Waals surface area contributed by atoms with Gasteiger partial charge in [0.15, 0.2) is 0 Å². The van der Waals surface area contributed by atoms with Crippen molar-refractivity contribution in [3.05, 3.63) is 27.9 Å². The smallest absolute Gasteiger partial charge is 0.287 e. The normalized spacial score (nSPS) is 23.1. The van der Waals surface area contributed by atoms with Gasteiger partial charge in [0.25, 0.3) is 5.69 Å². The molecular weight excluding hydrogens is 262 g/mol. The van der Waals surface area contributed by atoms with E-state index in [9.17, 15) is 10.1 Å². The number of hydrogen-bond donors (Lipinski definition) is 1. The molecule has 0 amide bonds. The molecule has 0 bridgehead atoms. The summed E-state index contributed by atoms with van der Waals surface area (Å²) >= 11 is 1.89. The fourth-order valence-electron chi connectivity index (χ4n) is 2.53. The van der Waals surface area contributed by atoms with Crippen molar-refractivity contribution in [1.82, 2.24) is 4.98 Å². The molecule has 0 aromatic carbocycles. The van der Waals surface area contributed by atoms with Gasteiger partial charge in [-0.05, 0) is 31.6 Å². The number of aryl methyl sites for hydroxylation is 1. The number of aromatic nitrogens is 1. The molecule has 6 heteroatoms. The predicted octanol–water partition coefficient (Wildman–Crippen LogP) is 3.38. The molecule has 1 aliphatic rings. The second-order valence-electron chi connectivity index (χ2n) is 4.93. The van der Waals surface area contributed by atoms with Gasteiger partial charge in [-0.3, -0.25) is 10.1 Å². The maximum absolute atomic E-state index is 10.7. The van der Waals surface area contributed by atoms with Crippen LogP contribution in [0.25, 0.3) is 0 Å². The minimum atomic E-state index is -0.408. The first-order valence-electron chi connectivity index (χ1n) is 6.52.